The van der Waals surface area contributed by atoms with E-state index in [-0.39, 0.29) is 5.41 Å². The summed E-state index contributed by atoms with van der Waals surface area (Å²) in [5.74, 6) is 0.872. The minimum absolute atomic E-state index is 0.211. The van der Waals surface area contributed by atoms with Crippen LogP contribution in [0.25, 0.3) is 0 Å². The third kappa shape index (κ3) is 2.75. The highest BCUT2D eigenvalue weighted by Gasteiger charge is 2.07. The average molecular weight is 116 g/mol. The van der Waals surface area contributed by atoms with E-state index in [0.29, 0.717) is 0 Å². The van der Waals surface area contributed by atoms with Gasteiger partial charge >= 0.3 is 0 Å². The van der Waals surface area contributed by atoms with Gasteiger partial charge in [0.15, 0.2) is 0 Å². The Hall–Kier alpha value is 0.0900. The fraction of sp³-hybridized carbons (Fsp3) is 0.667. The van der Waals surface area contributed by atoms with Gasteiger partial charge in [-0.25, -0.2) is 0 Å². The third-order valence-electron chi connectivity index (χ3n) is 0.960. The lowest BCUT2D eigenvalue weighted by molar-refractivity contribution is 0.560. The first-order valence-corrected chi connectivity index (χ1v) is 3.00. The molecule has 0 aliphatic rings. The summed E-state index contributed by atoms with van der Waals surface area (Å²) in [5, 5.41) is 0. The van der Waals surface area contributed by atoms with E-state index in [9.17, 15) is 0 Å². The summed E-state index contributed by atoms with van der Waals surface area (Å²) in [5.41, 5.74) is 0.211. The maximum atomic E-state index is 4.11. The first kappa shape index (κ1) is 7.09. The van der Waals surface area contributed by atoms with E-state index in [4.69, 9.17) is 0 Å². The molecule has 0 spiro atoms. The Morgan fingerprint density at radius 2 is 2.14 bits per heavy atom. The van der Waals surface area contributed by atoms with Crippen LogP contribution >= 0.6 is 12.6 Å². The van der Waals surface area contributed by atoms with E-state index < -0.39 is 0 Å². The Balaban J connectivity index is 3.58. The molecule has 0 nitrogen and oxygen atoms in total. The summed E-state index contributed by atoms with van der Waals surface area (Å²) in [7, 11) is 0. The molecule has 1 heteroatoms. The molecule has 42 valence electrons. The first-order valence-electron chi connectivity index (χ1n) is 2.37. The van der Waals surface area contributed by atoms with Gasteiger partial charge in [0, 0.05) is 0 Å². The Bertz CT molecular complexity index is 64.6. The molecule has 0 aliphatic carbocycles. The monoisotopic (exact) mass is 116 g/mol. The van der Waals surface area contributed by atoms with Crippen LogP contribution in [0.2, 0.25) is 0 Å². The van der Waals surface area contributed by atoms with Crippen LogP contribution in [0.4, 0.5) is 0 Å². The highest BCUT2D eigenvalue weighted by molar-refractivity contribution is 7.80. The predicted molar refractivity (Wildman–Crippen MR) is 37.8 cm³/mol. The van der Waals surface area contributed by atoms with Gasteiger partial charge in [-0.2, -0.15) is 12.6 Å². The number of hydrogen-bond donors (Lipinski definition) is 1. The fourth-order valence-corrected chi connectivity index (χ4v) is 0.194. The third-order valence-corrected chi connectivity index (χ3v) is 1.78. The molecule has 0 heterocycles. The Kier molecular flexibility index (Phi) is 2.44. The molecule has 0 bridgehead atoms. The normalized spacial score (nSPS) is 11.3. The highest BCUT2D eigenvalue weighted by Crippen LogP contribution is 2.16. The van der Waals surface area contributed by atoms with Crippen molar-refractivity contribution in [3.05, 3.63) is 12.7 Å². The molecule has 0 unspecified atom stereocenters. The molecule has 0 fully saturated rings. The van der Waals surface area contributed by atoms with Crippen molar-refractivity contribution in [1.29, 1.82) is 0 Å². The molecule has 0 amide bonds. The topological polar surface area (TPSA) is 0 Å². The molecule has 0 aliphatic heterocycles. The minimum atomic E-state index is 0.211. The van der Waals surface area contributed by atoms with Crippen LogP contribution in [0.3, 0.4) is 0 Å². The van der Waals surface area contributed by atoms with Crippen molar-refractivity contribution in [2.45, 2.75) is 13.8 Å². The second-order valence-corrected chi connectivity index (χ2v) is 2.67. The van der Waals surface area contributed by atoms with E-state index in [1.807, 2.05) is 6.08 Å². The molecule has 0 radical (unpaired) electrons. The lowest BCUT2D eigenvalue weighted by Gasteiger charge is -2.14. The van der Waals surface area contributed by atoms with Crippen molar-refractivity contribution in [2.24, 2.45) is 5.41 Å². The van der Waals surface area contributed by atoms with Crippen LogP contribution in [0.15, 0.2) is 12.7 Å². The summed E-state index contributed by atoms with van der Waals surface area (Å²) in [6, 6.07) is 0. The van der Waals surface area contributed by atoms with Crippen LogP contribution in [0.5, 0.6) is 0 Å². The van der Waals surface area contributed by atoms with Crippen molar-refractivity contribution in [3.63, 3.8) is 0 Å². The van der Waals surface area contributed by atoms with Crippen LogP contribution in [-0.4, -0.2) is 5.75 Å². The predicted octanol–water partition coefficient (Wildman–Crippen LogP) is 2.13. The lowest BCUT2D eigenvalue weighted by Crippen LogP contribution is -2.07. The van der Waals surface area contributed by atoms with Gasteiger partial charge in [0.25, 0.3) is 0 Å². The number of rotatable bonds is 2. The molecule has 0 atom stereocenters. The maximum Gasteiger partial charge on any atom is -0.00119 e. The highest BCUT2D eigenvalue weighted by atomic mass is 32.1. The van der Waals surface area contributed by atoms with Crippen molar-refractivity contribution >= 4 is 12.6 Å². The summed E-state index contributed by atoms with van der Waals surface area (Å²) >= 11 is 4.11. The Morgan fingerprint density at radius 3 is 2.14 bits per heavy atom. The van der Waals surface area contributed by atoms with Gasteiger partial charge < -0.3 is 0 Å². The molecule has 0 rings (SSSR count). The maximum absolute atomic E-state index is 4.11. The standard InChI is InChI=1S/C6H12S/c1-4-6(2,3)5-7/h4,7H,1,5H2,2-3H3. The zero-order valence-electron chi connectivity index (χ0n) is 4.94. The molecule has 7 heavy (non-hydrogen) atoms. The Morgan fingerprint density at radius 1 is 1.71 bits per heavy atom. The van der Waals surface area contributed by atoms with Gasteiger partial charge in [-0.1, -0.05) is 19.9 Å². The molecule has 0 aromatic rings. The van der Waals surface area contributed by atoms with E-state index in [2.05, 4.69) is 33.1 Å². The van der Waals surface area contributed by atoms with Gasteiger partial charge in [0.1, 0.15) is 0 Å². The van der Waals surface area contributed by atoms with Crippen LogP contribution in [-0.2, 0) is 0 Å². The average Bonchev–Trinajstić information content (AvgIpc) is 1.68. The van der Waals surface area contributed by atoms with Gasteiger partial charge in [0.05, 0.1) is 0 Å². The lowest BCUT2D eigenvalue weighted by atomic mass is 9.97. The number of allylic oxidation sites excluding steroid dienone is 1. The van der Waals surface area contributed by atoms with Crippen molar-refractivity contribution in [3.8, 4) is 0 Å². The molecule has 0 saturated carbocycles. The summed E-state index contributed by atoms with van der Waals surface area (Å²) in [6.07, 6.45) is 1.92. The molecular weight excluding hydrogens is 104 g/mol. The van der Waals surface area contributed by atoms with E-state index in [1.54, 1.807) is 0 Å². The van der Waals surface area contributed by atoms with Gasteiger partial charge in [-0.3, -0.25) is 0 Å². The van der Waals surface area contributed by atoms with Crippen molar-refractivity contribution in [2.75, 3.05) is 5.75 Å². The Labute approximate surface area is 51.0 Å². The summed E-state index contributed by atoms with van der Waals surface area (Å²) in [4.78, 5) is 0. The number of hydrogen-bond acceptors (Lipinski definition) is 1. The zero-order chi connectivity index (χ0) is 5.91. The van der Waals surface area contributed by atoms with Crippen LogP contribution in [0.1, 0.15) is 13.8 Å². The summed E-state index contributed by atoms with van der Waals surface area (Å²) < 4.78 is 0. The number of thiol groups is 1. The smallest absolute Gasteiger partial charge is 0.00119 e. The molecule has 0 aromatic carbocycles. The molecule has 0 aromatic heterocycles. The van der Waals surface area contributed by atoms with Gasteiger partial charge in [0.2, 0.25) is 0 Å². The van der Waals surface area contributed by atoms with E-state index >= 15 is 0 Å². The SMILES string of the molecule is C=CC(C)(C)CS. The quantitative estimate of drug-likeness (QED) is 0.414. The second-order valence-electron chi connectivity index (χ2n) is 2.35. The van der Waals surface area contributed by atoms with Crippen LogP contribution in [0, 0.1) is 5.41 Å². The first-order chi connectivity index (χ1) is 3.12. The molecular formula is C6H12S. The van der Waals surface area contributed by atoms with E-state index in [1.165, 1.54) is 0 Å². The fourth-order valence-electron chi connectivity index (χ4n) is 0.0645. The largest absolute Gasteiger partial charge is 0.178 e. The molecule has 0 N–H and O–H groups in total. The van der Waals surface area contributed by atoms with Gasteiger partial charge in [-0.15, -0.1) is 6.58 Å². The molecule has 0 saturated heterocycles. The summed E-state index contributed by atoms with van der Waals surface area (Å²) in [6.45, 7) is 7.86. The minimum Gasteiger partial charge on any atom is -0.178 e. The van der Waals surface area contributed by atoms with Gasteiger partial charge in [-0.05, 0) is 11.2 Å². The van der Waals surface area contributed by atoms with E-state index in [0.717, 1.165) is 5.75 Å². The van der Waals surface area contributed by atoms with Crippen LogP contribution < -0.4 is 0 Å². The van der Waals surface area contributed by atoms with Crippen molar-refractivity contribution in [1.82, 2.24) is 0 Å². The zero-order valence-corrected chi connectivity index (χ0v) is 5.83. The van der Waals surface area contributed by atoms with Crippen molar-refractivity contribution < 1.29 is 0 Å². The second kappa shape index (κ2) is 2.41.